The number of rotatable bonds is 4. The van der Waals surface area contributed by atoms with Gasteiger partial charge < -0.3 is 5.11 Å². The molecule has 1 unspecified atom stereocenters. The highest BCUT2D eigenvalue weighted by Crippen LogP contribution is 2.10. The molecule has 0 bridgehead atoms. The highest BCUT2D eigenvalue weighted by molar-refractivity contribution is 5.88. The lowest BCUT2D eigenvalue weighted by molar-refractivity contribution is 0.0695. The highest BCUT2D eigenvalue weighted by atomic mass is 16.4. The van der Waals surface area contributed by atoms with E-state index in [4.69, 9.17) is 5.11 Å². The summed E-state index contributed by atoms with van der Waals surface area (Å²) in [5, 5.41) is 8.80. The Morgan fingerprint density at radius 1 is 1.60 bits per heavy atom. The molecule has 0 fully saturated rings. The van der Waals surface area contributed by atoms with E-state index in [1.165, 1.54) is 6.20 Å². The molecule has 0 saturated carbocycles. The molecule has 1 N–H and O–H groups in total. The van der Waals surface area contributed by atoms with Crippen molar-refractivity contribution in [2.24, 2.45) is 5.92 Å². The third kappa shape index (κ3) is 3.01. The van der Waals surface area contributed by atoms with Crippen molar-refractivity contribution in [3.63, 3.8) is 0 Å². The molecule has 0 amide bonds. The maximum Gasteiger partial charge on any atom is 0.339 e. The summed E-state index contributed by atoms with van der Waals surface area (Å²) in [5.41, 5.74) is 0.721. The van der Waals surface area contributed by atoms with Crippen molar-refractivity contribution >= 4 is 5.97 Å². The second-order valence-corrected chi connectivity index (χ2v) is 3.81. The van der Waals surface area contributed by atoms with Gasteiger partial charge in [0.1, 0.15) is 5.82 Å². The standard InChI is InChI=1S/C11H16N2O2/c1-4-7(2)5-10-12-6-9(11(14)15)8(3)13-10/h6-7H,4-5H2,1-3H3,(H,14,15). The maximum absolute atomic E-state index is 10.7. The van der Waals surface area contributed by atoms with E-state index in [0.29, 0.717) is 11.6 Å². The normalized spacial score (nSPS) is 12.5. The quantitative estimate of drug-likeness (QED) is 0.822. The van der Waals surface area contributed by atoms with E-state index in [-0.39, 0.29) is 5.56 Å². The van der Waals surface area contributed by atoms with Gasteiger partial charge >= 0.3 is 5.97 Å². The van der Waals surface area contributed by atoms with Crippen molar-refractivity contribution in [2.45, 2.75) is 33.6 Å². The summed E-state index contributed by atoms with van der Waals surface area (Å²) in [5.74, 6) is 0.287. The van der Waals surface area contributed by atoms with Crippen LogP contribution >= 0.6 is 0 Å². The van der Waals surface area contributed by atoms with E-state index < -0.39 is 5.97 Å². The fraction of sp³-hybridized carbons (Fsp3) is 0.545. The number of carbonyl (C=O) groups is 1. The summed E-state index contributed by atoms with van der Waals surface area (Å²) in [4.78, 5) is 19.0. The van der Waals surface area contributed by atoms with Gasteiger partial charge in [-0.2, -0.15) is 0 Å². The van der Waals surface area contributed by atoms with Crippen molar-refractivity contribution in [3.05, 3.63) is 23.3 Å². The van der Waals surface area contributed by atoms with Crippen LogP contribution in [0.4, 0.5) is 0 Å². The Hall–Kier alpha value is -1.45. The second kappa shape index (κ2) is 4.87. The second-order valence-electron chi connectivity index (χ2n) is 3.81. The van der Waals surface area contributed by atoms with Crippen molar-refractivity contribution in [3.8, 4) is 0 Å². The predicted octanol–water partition coefficient (Wildman–Crippen LogP) is 2.07. The van der Waals surface area contributed by atoms with Gasteiger partial charge in [-0.3, -0.25) is 0 Å². The lowest BCUT2D eigenvalue weighted by atomic mass is 10.0. The number of carboxylic acids is 1. The summed E-state index contributed by atoms with van der Waals surface area (Å²) < 4.78 is 0. The Labute approximate surface area is 89.4 Å². The molecule has 1 atom stereocenters. The summed E-state index contributed by atoms with van der Waals surface area (Å²) >= 11 is 0. The highest BCUT2D eigenvalue weighted by Gasteiger charge is 2.11. The molecule has 1 aromatic heterocycles. The third-order valence-electron chi connectivity index (χ3n) is 2.49. The first kappa shape index (κ1) is 11.6. The molecule has 1 heterocycles. The van der Waals surface area contributed by atoms with Crippen LogP contribution in [0.25, 0.3) is 0 Å². The third-order valence-corrected chi connectivity index (χ3v) is 2.49. The molecule has 0 spiro atoms. The zero-order valence-corrected chi connectivity index (χ0v) is 9.32. The van der Waals surface area contributed by atoms with Gasteiger partial charge in [0.05, 0.1) is 11.3 Å². The van der Waals surface area contributed by atoms with Crippen molar-refractivity contribution in [2.75, 3.05) is 0 Å². The molecule has 0 aliphatic carbocycles. The SMILES string of the molecule is CCC(C)Cc1ncc(C(=O)O)c(C)n1. The van der Waals surface area contributed by atoms with E-state index in [2.05, 4.69) is 23.8 Å². The lowest BCUT2D eigenvalue weighted by Crippen LogP contribution is -2.08. The summed E-state index contributed by atoms with van der Waals surface area (Å²) in [6, 6.07) is 0. The zero-order chi connectivity index (χ0) is 11.4. The van der Waals surface area contributed by atoms with E-state index in [9.17, 15) is 4.79 Å². The molecule has 0 radical (unpaired) electrons. The Morgan fingerprint density at radius 3 is 2.73 bits per heavy atom. The number of nitrogens with zero attached hydrogens (tertiary/aromatic N) is 2. The number of aromatic nitrogens is 2. The summed E-state index contributed by atoms with van der Waals surface area (Å²) in [6.07, 6.45) is 3.27. The smallest absolute Gasteiger partial charge is 0.339 e. The van der Waals surface area contributed by atoms with Gasteiger partial charge in [0, 0.05) is 12.6 Å². The average Bonchev–Trinajstić information content (AvgIpc) is 2.17. The Balaban J connectivity index is 2.87. The molecule has 0 saturated heterocycles. The largest absolute Gasteiger partial charge is 0.478 e. The fourth-order valence-electron chi connectivity index (χ4n) is 1.28. The monoisotopic (exact) mass is 208 g/mol. The fourth-order valence-corrected chi connectivity index (χ4v) is 1.28. The van der Waals surface area contributed by atoms with Crippen molar-refractivity contribution in [1.82, 2.24) is 9.97 Å². The van der Waals surface area contributed by atoms with Crippen LogP contribution < -0.4 is 0 Å². The Morgan fingerprint density at radius 2 is 2.27 bits per heavy atom. The molecule has 82 valence electrons. The van der Waals surface area contributed by atoms with Crippen LogP contribution in [-0.4, -0.2) is 21.0 Å². The van der Waals surface area contributed by atoms with Gasteiger partial charge in [-0.1, -0.05) is 20.3 Å². The van der Waals surface area contributed by atoms with E-state index in [0.717, 1.165) is 18.7 Å². The molecular formula is C11H16N2O2. The lowest BCUT2D eigenvalue weighted by Gasteiger charge is -2.07. The van der Waals surface area contributed by atoms with Gasteiger partial charge in [0.15, 0.2) is 0 Å². The summed E-state index contributed by atoms with van der Waals surface area (Å²) in [7, 11) is 0. The van der Waals surface area contributed by atoms with Crippen molar-refractivity contribution < 1.29 is 9.90 Å². The molecule has 1 rings (SSSR count). The molecule has 4 heteroatoms. The number of hydrogen-bond acceptors (Lipinski definition) is 3. The van der Waals surface area contributed by atoms with E-state index in [1.54, 1.807) is 6.92 Å². The number of carboxylic acid groups (broad SMARTS) is 1. The number of aryl methyl sites for hydroxylation is 1. The van der Waals surface area contributed by atoms with Gasteiger partial charge in [-0.05, 0) is 12.8 Å². The molecule has 15 heavy (non-hydrogen) atoms. The molecule has 0 aliphatic heterocycles. The minimum atomic E-state index is -0.970. The molecule has 0 aliphatic rings. The first-order valence-corrected chi connectivity index (χ1v) is 5.10. The van der Waals surface area contributed by atoms with E-state index in [1.807, 2.05) is 0 Å². The van der Waals surface area contributed by atoms with Crippen LogP contribution in [-0.2, 0) is 6.42 Å². The minimum Gasteiger partial charge on any atom is -0.478 e. The Bertz CT molecular complexity index is 364. The first-order valence-electron chi connectivity index (χ1n) is 5.10. The summed E-state index contributed by atoms with van der Waals surface area (Å²) in [6.45, 7) is 5.94. The van der Waals surface area contributed by atoms with Crippen LogP contribution in [0.15, 0.2) is 6.20 Å². The molecular weight excluding hydrogens is 192 g/mol. The van der Waals surface area contributed by atoms with Gasteiger partial charge in [0.2, 0.25) is 0 Å². The van der Waals surface area contributed by atoms with E-state index >= 15 is 0 Å². The Kier molecular flexibility index (Phi) is 3.77. The number of hydrogen-bond donors (Lipinski definition) is 1. The average molecular weight is 208 g/mol. The molecule has 0 aromatic carbocycles. The minimum absolute atomic E-state index is 0.183. The van der Waals surface area contributed by atoms with Crippen molar-refractivity contribution in [1.29, 1.82) is 0 Å². The molecule has 4 nitrogen and oxygen atoms in total. The van der Waals surface area contributed by atoms with Crippen LogP contribution in [0.2, 0.25) is 0 Å². The van der Waals surface area contributed by atoms with Crippen LogP contribution in [0.3, 0.4) is 0 Å². The number of aromatic carboxylic acids is 1. The van der Waals surface area contributed by atoms with Gasteiger partial charge in [-0.15, -0.1) is 0 Å². The van der Waals surface area contributed by atoms with Gasteiger partial charge in [0.25, 0.3) is 0 Å². The maximum atomic E-state index is 10.7. The van der Waals surface area contributed by atoms with Crippen LogP contribution in [0.5, 0.6) is 0 Å². The predicted molar refractivity (Wildman–Crippen MR) is 56.9 cm³/mol. The molecule has 1 aromatic rings. The van der Waals surface area contributed by atoms with Crippen LogP contribution in [0, 0.1) is 12.8 Å². The zero-order valence-electron chi connectivity index (χ0n) is 9.32. The first-order chi connectivity index (χ1) is 7.04. The topological polar surface area (TPSA) is 63.1 Å². The van der Waals surface area contributed by atoms with Gasteiger partial charge in [-0.25, -0.2) is 14.8 Å². The van der Waals surface area contributed by atoms with Crippen LogP contribution in [0.1, 0.15) is 42.1 Å².